The maximum absolute atomic E-state index is 12.8. The number of aliphatic hydroxyl groups is 1. The van der Waals surface area contributed by atoms with Crippen molar-refractivity contribution in [3.05, 3.63) is 46.7 Å². The van der Waals surface area contributed by atoms with Crippen LogP contribution in [0.25, 0.3) is 0 Å². The summed E-state index contributed by atoms with van der Waals surface area (Å²) in [6.07, 6.45) is -4.87. The minimum Gasteiger partial charge on any atom is -0.480 e. The lowest BCUT2D eigenvalue weighted by Gasteiger charge is -2.39. The number of hydrogen-bond acceptors (Lipinski definition) is 5. The molecule has 2 amide bonds. The van der Waals surface area contributed by atoms with Gasteiger partial charge in [0.05, 0.1) is 18.8 Å². The van der Waals surface area contributed by atoms with Crippen molar-refractivity contribution >= 4 is 17.8 Å². The molecule has 0 bridgehead atoms. The van der Waals surface area contributed by atoms with Crippen LogP contribution in [0.1, 0.15) is 11.1 Å². The van der Waals surface area contributed by atoms with E-state index in [1.165, 1.54) is 0 Å². The van der Waals surface area contributed by atoms with Gasteiger partial charge in [0.1, 0.15) is 18.1 Å². The normalized spacial score (nSPS) is 24.1. The summed E-state index contributed by atoms with van der Waals surface area (Å²) in [5, 5.41) is 24.6. The van der Waals surface area contributed by atoms with Crippen LogP contribution in [0.4, 0.5) is 13.2 Å². The van der Waals surface area contributed by atoms with Crippen LogP contribution < -0.4 is 10.6 Å². The third-order valence-corrected chi connectivity index (χ3v) is 4.82. The first kappa shape index (κ1) is 20.8. The predicted octanol–water partition coefficient (Wildman–Crippen LogP) is 0.210. The lowest BCUT2D eigenvalue weighted by atomic mass is 9.73. The lowest BCUT2D eigenvalue weighted by molar-refractivity contribution is -0.148. The molecule has 0 radical (unpaired) electrons. The van der Waals surface area contributed by atoms with Crippen molar-refractivity contribution in [2.24, 2.45) is 5.92 Å². The Morgan fingerprint density at radius 1 is 1.24 bits per heavy atom. The first-order chi connectivity index (χ1) is 13.5. The number of carboxylic acid groups (broad SMARTS) is 1. The van der Waals surface area contributed by atoms with Crippen molar-refractivity contribution in [2.75, 3.05) is 19.8 Å². The third-order valence-electron chi connectivity index (χ3n) is 4.82. The first-order valence-corrected chi connectivity index (χ1v) is 8.51. The molecule has 0 saturated carbocycles. The number of amides is 2. The molecule has 2 unspecified atom stereocenters. The van der Waals surface area contributed by atoms with E-state index in [2.05, 4.69) is 10.6 Å². The zero-order valence-corrected chi connectivity index (χ0v) is 14.9. The average Bonchev–Trinajstić information content (AvgIpc) is 3.08. The topological polar surface area (TPSA) is 125 Å². The molecule has 8 nitrogen and oxygen atoms in total. The molecule has 11 heteroatoms. The molecule has 29 heavy (non-hydrogen) atoms. The van der Waals surface area contributed by atoms with E-state index in [0.717, 1.165) is 24.3 Å². The highest BCUT2D eigenvalue weighted by atomic mass is 19.4. The number of benzene rings is 1. The maximum Gasteiger partial charge on any atom is 0.416 e. The highest BCUT2D eigenvalue weighted by molar-refractivity contribution is 6.04. The lowest BCUT2D eigenvalue weighted by Crippen LogP contribution is -2.60. The van der Waals surface area contributed by atoms with Gasteiger partial charge < -0.3 is 25.6 Å². The number of hydrogen-bond donors (Lipinski definition) is 4. The predicted molar refractivity (Wildman–Crippen MR) is 90.2 cm³/mol. The van der Waals surface area contributed by atoms with Crippen LogP contribution in [-0.4, -0.2) is 53.4 Å². The van der Waals surface area contributed by atoms with Crippen molar-refractivity contribution < 1.29 is 42.5 Å². The molecule has 1 aromatic rings. The zero-order valence-electron chi connectivity index (χ0n) is 14.9. The van der Waals surface area contributed by atoms with Crippen molar-refractivity contribution in [2.45, 2.75) is 18.2 Å². The summed E-state index contributed by atoms with van der Waals surface area (Å²) in [5.41, 5.74) is -2.20. The largest absolute Gasteiger partial charge is 0.480 e. The Labute approximate surface area is 162 Å². The number of carboxylic acids is 1. The highest BCUT2D eigenvalue weighted by Gasteiger charge is 2.54. The summed E-state index contributed by atoms with van der Waals surface area (Å²) in [5.74, 6) is -4.92. The zero-order chi connectivity index (χ0) is 21.4. The molecule has 2 aliphatic heterocycles. The molecule has 0 fully saturated rings. The van der Waals surface area contributed by atoms with E-state index in [-0.39, 0.29) is 36.5 Å². The standard InChI is InChI=1S/C18H17F3N2O6/c19-18(20,21)10-3-1-9(2-4-10)5-17(28)11-7-29-8-12(11)23-16(27)14(17)15(26)22-6-13(24)25/h1-4,14,28H,5-8H2,(H,22,26)(H,23,27)(H,24,25). The van der Waals surface area contributed by atoms with Gasteiger partial charge in [0.25, 0.3) is 0 Å². The molecule has 0 aliphatic carbocycles. The fourth-order valence-electron chi connectivity index (χ4n) is 3.47. The summed E-state index contributed by atoms with van der Waals surface area (Å²) in [4.78, 5) is 35.7. The molecular formula is C18H17F3N2O6. The van der Waals surface area contributed by atoms with E-state index < -0.39 is 47.6 Å². The van der Waals surface area contributed by atoms with Crippen LogP contribution >= 0.6 is 0 Å². The molecule has 4 N–H and O–H groups in total. The third kappa shape index (κ3) is 4.10. The smallest absolute Gasteiger partial charge is 0.416 e. The SMILES string of the molecule is O=C(O)CNC(=O)C1C(=O)NC2=C(COC2)C1(O)Cc1ccc(C(F)(F)F)cc1. The van der Waals surface area contributed by atoms with Gasteiger partial charge >= 0.3 is 12.1 Å². The van der Waals surface area contributed by atoms with Crippen LogP contribution in [-0.2, 0) is 31.7 Å². The Hall–Kier alpha value is -2.92. The molecule has 1 aromatic carbocycles. The van der Waals surface area contributed by atoms with Gasteiger partial charge in [0, 0.05) is 17.7 Å². The van der Waals surface area contributed by atoms with E-state index in [0.29, 0.717) is 0 Å². The van der Waals surface area contributed by atoms with E-state index >= 15 is 0 Å². The molecular weight excluding hydrogens is 397 g/mol. The van der Waals surface area contributed by atoms with Gasteiger partial charge in [-0.15, -0.1) is 0 Å². The second-order valence-corrected chi connectivity index (χ2v) is 6.78. The molecule has 2 atom stereocenters. The van der Waals surface area contributed by atoms with Crippen molar-refractivity contribution in [1.29, 1.82) is 0 Å². The van der Waals surface area contributed by atoms with E-state index in [1.54, 1.807) is 0 Å². The number of alkyl halides is 3. The Bertz CT molecular complexity index is 881. The fraction of sp³-hybridized carbons (Fsp3) is 0.389. The minimum atomic E-state index is -4.53. The van der Waals surface area contributed by atoms with Crippen molar-refractivity contribution in [1.82, 2.24) is 10.6 Å². The molecule has 2 heterocycles. The molecule has 0 aromatic heterocycles. The fourth-order valence-corrected chi connectivity index (χ4v) is 3.47. The second kappa shape index (κ2) is 7.48. The molecule has 2 aliphatic rings. The van der Waals surface area contributed by atoms with Gasteiger partial charge in [0.15, 0.2) is 0 Å². The number of nitrogens with one attached hydrogen (secondary N) is 2. The van der Waals surface area contributed by atoms with E-state index in [1.807, 2.05) is 0 Å². The summed E-state index contributed by atoms with van der Waals surface area (Å²) in [7, 11) is 0. The number of carbonyl (C=O) groups is 3. The Morgan fingerprint density at radius 3 is 2.48 bits per heavy atom. The van der Waals surface area contributed by atoms with Crippen LogP contribution in [0.15, 0.2) is 35.5 Å². The maximum atomic E-state index is 12.8. The van der Waals surface area contributed by atoms with E-state index in [9.17, 15) is 32.7 Å². The van der Waals surface area contributed by atoms with E-state index in [4.69, 9.17) is 9.84 Å². The van der Waals surface area contributed by atoms with Gasteiger partial charge in [-0.05, 0) is 17.7 Å². The summed E-state index contributed by atoms with van der Waals surface area (Å²) >= 11 is 0. The molecule has 3 rings (SSSR count). The Balaban J connectivity index is 1.95. The average molecular weight is 414 g/mol. The number of aliphatic carboxylic acids is 1. The molecule has 0 spiro atoms. The Kier molecular flexibility index (Phi) is 5.37. The summed E-state index contributed by atoms with van der Waals surface area (Å²) in [6.45, 7) is -0.850. The summed E-state index contributed by atoms with van der Waals surface area (Å²) in [6, 6.07) is 3.97. The second-order valence-electron chi connectivity index (χ2n) is 6.78. The minimum absolute atomic E-state index is 0.000139. The van der Waals surface area contributed by atoms with Crippen LogP contribution in [0.2, 0.25) is 0 Å². The van der Waals surface area contributed by atoms with Gasteiger partial charge in [-0.3, -0.25) is 14.4 Å². The van der Waals surface area contributed by atoms with Gasteiger partial charge in [-0.1, -0.05) is 12.1 Å². The van der Waals surface area contributed by atoms with Gasteiger partial charge in [0.2, 0.25) is 11.8 Å². The highest BCUT2D eigenvalue weighted by Crippen LogP contribution is 2.39. The summed E-state index contributed by atoms with van der Waals surface area (Å²) < 4.78 is 43.6. The first-order valence-electron chi connectivity index (χ1n) is 8.51. The Morgan fingerprint density at radius 2 is 1.90 bits per heavy atom. The van der Waals surface area contributed by atoms with Crippen molar-refractivity contribution in [3.63, 3.8) is 0 Å². The van der Waals surface area contributed by atoms with Gasteiger partial charge in [-0.25, -0.2) is 0 Å². The molecule has 0 saturated heterocycles. The molecule has 156 valence electrons. The quantitative estimate of drug-likeness (QED) is 0.511. The van der Waals surface area contributed by atoms with Gasteiger partial charge in [-0.2, -0.15) is 13.2 Å². The number of rotatable bonds is 5. The van der Waals surface area contributed by atoms with Crippen LogP contribution in [0.5, 0.6) is 0 Å². The number of halogens is 3. The number of carbonyl (C=O) groups excluding carboxylic acids is 2. The van der Waals surface area contributed by atoms with Crippen LogP contribution in [0, 0.1) is 5.92 Å². The number of ether oxygens (including phenoxy) is 1. The monoisotopic (exact) mass is 414 g/mol. The van der Waals surface area contributed by atoms with Crippen molar-refractivity contribution in [3.8, 4) is 0 Å². The van der Waals surface area contributed by atoms with Crippen LogP contribution in [0.3, 0.4) is 0 Å².